The van der Waals surface area contributed by atoms with Crippen LogP contribution < -0.4 is 0 Å². The van der Waals surface area contributed by atoms with E-state index in [1.54, 1.807) is 6.07 Å². The largest absolute Gasteiger partial charge is 0.457 e. The van der Waals surface area contributed by atoms with Crippen LogP contribution in [-0.2, 0) is 22.7 Å². The second-order valence-electron chi connectivity index (χ2n) is 19.0. The van der Waals surface area contributed by atoms with Gasteiger partial charge in [-0.1, -0.05) is 158 Å². The van der Waals surface area contributed by atoms with Gasteiger partial charge >= 0.3 is 11.9 Å². The fraction of sp³-hybridized carbons (Fsp3) is 0.0299. The van der Waals surface area contributed by atoms with Crippen LogP contribution in [0.2, 0.25) is 0 Å². The summed E-state index contributed by atoms with van der Waals surface area (Å²) in [5, 5.41) is 5.91. The van der Waals surface area contributed by atoms with Gasteiger partial charge in [0.1, 0.15) is 13.2 Å². The smallest absolute Gasteiger partial charge is 0.338 e. The average molecular weight is 997 g/mol. The van der Waals surface area contributed by atoms with E-state index in [1.165, 1.54) is 0 Å². The van der Waals surface area contributed by atoms with E-state index >= 15 is 0 Å². The molecule has 10 nitrogen and oxygen atoms in total. The van der Waals surface area contributed by atoms with Crippen molar-refractivity contribution in [1.29, 1.82) is 0 Å². The molecule has 10 heteroatoms. The number of hydrogen-bond acceptors (Lipinski definition) is 7. The molecule has 366 valence electrons. The number of hydrogen-bond donors (Lipinski definition) is 0. The van der Waals surface area contributed by atoms with Gasteiger partial charge in [-0.3, -0.25) is 4.57 Å². The van der Waals surface area contributed by atoms with Crippen molar-refractivity contribution >= 4 is 77.4 Å². The third-order valence-electron chi connectivity index (χ3n) is 14.4. The summed E-state index contributed by atoms with van der Waals surface area (Å²) < 4.78 is 18.2. The van der Waals surface area contributed by atoms with Crippen LogP contribution in [0.25, 0.3) is 106 Å². The first kappa shape index (κ1) is 45.2. The molecule has 4 heterocycles. The molecule has 14 aromatic rings. The number of rotatable bonds is 11. The van der Waals surface area contributed by atoms with Crippen LogP contribution in [-0.4, -0.2) is 40.6 Å². The Bertz CT molecular complexity index is 4580. The molecule has 0 saturated heterocycles. The van der Waals surface area contributed by atoms with Gasteiger partial charge in [0.25, 0.3) is 0 Å². The molecule has 0 aliphatic carbocycles. The molecule has 14 rings (SSSR count). The lowest BCUT2D eigenvalue weighted by molar-refractivity contribution is 0.0464. The van der Waals surface area contributed by atoms with Gasteiger partial charge in [-0.25, -0.2) is 14.6 Å². The van der Waals surface area contributed by atoms with Crippen LogP contribution in [0.15, 0.2) is 243 Å². The number of aromatic nitrogens is 6. The third-order valence-corrected chi connectivity index (χ3v) is 14.4. The fourth-order valence-electron chi connectivity index (χ4n) is 10.9. The predicted octanol–water partition coefficient (Wildman–Crippen LogP) is 15.2. The highest BCUT2D eigenvalue weighted by molar-refractivity contribution is 6.13. The van der Waals surface area contributed by atoms with Crippen molar-refractivity contribution < 1.29 is 19.1 Å². The van der Waals surface area contributed by atoms with Gasteiger partial charge in [0.05, 0.1) is 55.6 Å². The van der Waals surface area contributed by atoms with E-state index in [2.05, 4.69) is 105 Å². The molecule has 0 saturated carbocycles. The molecule has 0 unspecified atom stereocenters. The van der Waals surface area contributed by atoms with E-state index in [1.807, 2.05) is 146 Å². The molecular formula is C67H44N6O4. The maximum atomic E-state index is 13.7. The molecule has 0 radical (unpaired) electrons. The fourth-order valence-corrected chi connectivity index (χ4v) is 10.9. The van der Waals surface area contributed by atoms with Crippen molar-refractivity contribution in [3.05, 3.63) is 265 Å². The Morgan fingerprint density at radius 1 is 0.325 bits per heavy atom. The van der Waals surface area contributed by atoms with E-state index in [-0.39, 0.29) is 13.2 Å². The van der Waals surface area contributed by atoms with Crippen molar-refractivity contribution in [3.8, 4) is 40.1 Å². The highest BCUT2D eigenvalue weighted by atomic mass is 16.5. The lowest BCUT2D eigenvalue weighted by atomic mass is 10.1. The van der Waals surface area contributed by atoms with Crippen LogP contribution in [0.3, 0.4) is 0 Å². The summed E-state index contributed by atoms with van der Waals surface area (Å²) in [7, 11) is 0. The molecule has 0 fully saturated rings. The highest BCUT2D eigenvalue weighted by Crippen LogP contribution is 2.40. The summed E-state index contributed by atoms with van der Waals surface area (Å²) in [6, 6.07) is 80.4. The summed E-state index contributed by atoms with van der Waals surface area (Å²) in [4.78, 5) is 43.7. The lowest BCUT2D eigenvalue weighted by Crippen LogP contribution is -2.09. The summed E-state index contributed by atoms with van der Waals surface area (Å²) in [5.74, 6) is 0.480. The highest BCUT2D eigenvalue weighted by Gasteiger charge is 2.25. The summed E-state index contributed by atoms with van der Waals surface area (Å²) in [5.41, 5.74) is 11.6. The number of carbonyl (C=O) groups excluding carboxylic acids is 2. The lowest BCUT2D eigenvalue weighted by Gasteiger charge is -2.17. The molecule has 0 spiro atoms. The summed E-state index contributed by atoms with van der Waals surface area (Å²) in [6.45, 7) is 0.332. The van der Waals surface area contributed by atoms with Gasteiger partial charge < -0.3 is 18.6 Å². The van der Waals surface area contributed by atoms with Crippen LogP contribution in [0.5, 0.6) is 0 Å². The molecule has 0 atom stereocenters. The zero-order valence-electron chi connectivity index (χ0n) is 41.3. The molecule has 10 aromatic carbocycles. The average Bonchev–Trinajstić information content (AvgIpc) is 4.15. The van der Waals surface area contributed by atoms with Gasteiger partial charge in [-0.05, 0) is 96.1 Å². The molecular weight excluding hydrogens is 953 g/mol. The Balaban J connectivity index is 0.969. The number of carbonyl (C=O) groups is 2. The number of benzene rings is 10. The van der Waals surface area contributed by atoms with Crippen LogP contribution in [0, 0.1) is 0 Å². The quantitative estimate of drug-likeness (QED) is 0.119. The monoisotopic (exact) mass is 996 g/mol. The van der Waals surface area contributed by atoms with Crippen molar-refractivity contribution in [2.45, 2.75) is 13.2 Å². The van der Waals surface area contributed by atoms with Crippen molar-refractivity contribution in [2.24, 2.45) is 0 Å². The van der Waals surface area contributed by atoms with Gasteiger partial charge in [-0.2, -0.15) is 9.97 Å². The Hall–Kier alpha value is -10.5. The number of fused-ring (bicyclic) bond motifs is 9. The second kappa shape index (κ2) is 18.8. The minimum absolute atomic E-state index is 0.160. The minimum atomic E-state index is -0.417. The molecule has 0 bridgehead atoms. The first-order chi connectivity index (χ1) is 38.0. The van der Waals surface area contributed by atoms with Crippen LogP contribution in [0.1, 0.15) is 31.8 Å². The Kier molecular flexibility index (Phi) is 11.0. The van der Waals surface area contributed by atoms with Crippen LogP contribution >= 0.6 is 0 Å². The zero-order chi connectivity index (χ0) is 51.4. The molecule has 0 aliphatic heterocycles. The second-order valence-corrected chi connectivity index (χ2v) is 19.0. The molecule has 0 aliphatic rings. The number of nitrogens with zero attached hydrogens (tertiary/aromatic N) is 6. The van der Waals surface area contributed by atoms with E-state index in [0.29, 0.717) is 28.7 Å². The van der Waals surface area contributed by atoms with Gasteiger partial charge in [0.2, 0.25) is 5.95 Å². The maximum absolute atomic E-state index is 13.7. The maximum Gasteiger partial charge on any atom is 0.338 e. The van der Waals surface area contributed by atoms with E-state index in [9.17, 15) is 9.59 Å². The Morgan fingerprint density at radius 2 is 0.662 bits per heavy atom. The zero-order valence-corrected chi connectivity index (χ0v) is 41.3. The molecule has 4 aromatic heterocycles. The summed E-state index contributed by atoms with van der Waals surface area (Å²) in [6.07, 6.45) is 0. The minimum Gasteiger partial charge on any atom is -0.457 e. The van der Waals surface area contributed by atoms with Gasteiger partial charge in [0, 0.05) is 43.4 Å². The van der Waals surface area contributed by atoms with Crippen molar-refractivity contribution in [2.75, 3.05) is 0 Å². The molecule has 0 N–H and O–H groups in total. The van der Waals surface area contributed by atoms with Crippen molar-refractivity contribution in [1.82, 2.24) is 28.7 Å². The third kappa shape index (κ3) is 7.86. The van der Waals surface area contributed by atoms with Crippen molar-refractivity contribution in [3.63, 3.8) is 0 Å². The molecule has 0 amide bonds. The van der Waals surface area contributed by atoms with Gasteiger partial charge in [0.15, 0.2) is 11.6 Å². The SMILES string of the molecule is O=C(OCc1ccccc1)c1ccc2c(c1)c1ccccc1n2-c1nc(-c2ccccc2-n2c3ccccc3c3ccccc32)nc(-c2ccccc2-n2c3ccccc3c3cc(C(=O)OCc4ccccc4)ccc32)n1. The van der Waals surface area contributed by atoms with Gasteiger partial charge in [-0.15, -0.1) is 0 Å². The first-order valence-corrected chi connectivity index (χ1v) is 25.5. The van der Waals surface area contributed by atoms with Crippen LogP contribution in [0.4, 0.5) is 0 Å². The Morgan fingerprint density at radius 3 is 1.10 bits per heavy atom. The number of ether oxygens (including phenoxy) is 2. The topological polar surface area (TPSA) is 106 Å². The summed E-state index contributed by atoms with van der Waals surface area (Å²) >= 11 is 0. The predicted molar refractivity (Wildman–Crippen MR) is 305 cm³/mol. The molecule has 77 heavy (non-hydrogen) atoms. The number of para-hydroxylation sites is 6. The van der Waals surface area contributed by atoms with E-state index in [4.69, 9.17) is 24.4 Å². The normalized spacial score (nSPS) is 11.6. The Labute approximate surface area is 441 Å². The van der Waals surface area contributed by atoms with E-state index in [0.717, 1.165) is 99.0 Å². The van der Waals surface area contributed by atoms with E-state index < -0.39 is 11.9 Å². The number of esters is 2. The first-order valence-electron chi connectivity index (χ1n) is 25.5. The standard InChI is InChI=1S/C67H44N6O4/c74-65(76-41-43-19-3-1-4-20-43)45-35-37-61-53(39-45)49-25-9-15-31-57(49)72(61)60-34-18-12-28-52(60)64-68-63(51-27-11-17-33-59(51)71-55-29-13-7-23-47(55)48-24-8-14-30-56(48)71)69-67(70-64)73-58-32-16-10-26-50(58)54-40-46(36-38-62(54)73)66(75)77-42-44-21-5-2-6-22-44/h1-40H,41-42H2.